The quantitative estimate of drug-likeness (QED) is 0.756. The molecule has 3 rings (SSSR count). The van der Waals surface area contributed by atoms with Gasteiger partial charge in [0.25, 0.3) is 0 Å². The molecule has 2 fully saturated rings. The fourth-order valence-corrected chi connectivity index (χ4v) is 4.47. The Kier molecular flexibility index (Phi) is 7.13. The summed E-state index contributed by atoms with van der Waals surface area (Å²) < 4.78 is 11.2. The first-order chi connectivity index (χ1) is 13.1. The Labute approximate surface area is 163 Å². The van der Waals surface area contributed by atoms with E-state index < -0.39 is 0 Å². The van der Waals surface area contributed by atoms with Gasteiger partial charge in [-0.15, -0.1) is 0 Å². The fourth-order valence-electron chi connectivity index (χ4n) is 4.47. The number of hydrogen-bond donors (Lipinski definition) is 1. The van der Waals surface area contributed by atoms with Crippen LogP contribution in [-0.2, 0) is 16.1 Å². The number of nitrogens with zero attached hydrogens (tertiary/aromatic N) is 1. The predicted molar refractivity (Wildman–Crippen MR) is 107 cm³/mol. The molecule has 1 atom stereocenters. The molecular weight excluding hydrogens is 340 g/mol. The molecule has 0 radical (unpaired) electrons. The second-order valence-corrected chi connectivity index (χ2v) is 8.20. The average molecular weight is 375 g/mol. The zero-order valence-corrected chi connectivity index (χ0v) is 16.6. The number of nitrogens with two attached hydrogens (primary N) is 1. The van der Waals surface area contributed by atoms with Crippen molar-refractivity contribution in [3.05, 3.63) is 29.8 Å². The van der Waals surface area contributed by atoms with Gasteiger partial charge in [-0.2, -0.15) is 0 Å². The molecular formula is C22H34N2O3. The molecule has 5 nitrogen and oxygen atoms in total. The van der Waals surface area contributed by atoms with Gasteiger partial charge in [0.05, 0.1) is 13.2 Å². The summed E-state index contributed by atoms with van der Waals surface area (Å²) in [5.41, 5.74) is 7.20. The third kappa shape index (κ3) is 5.45. The standard InChI is InChI=1S/C22H34N2O3/c1-26-19-8-5-7-18(13-19)15-24(16-20-9-6-12-27-20)21(25)14-22(17-23)10-3-2-4-11-22/h5,7-8,13,20H,2-4,6,9-12,14-17,23H2,1H3. The lowest BCUT2D eigenvalue weighted by molar-refractivity contribution is -0.136. The van der Waals surface area contributed by atoms with Gasteiger partial charge in [0.1, 0.15) is 5.75 Å². The lowest BCUT2D eigenvalue weighted by atomic mass is 9.71. The molecule has 1 aliphatic heterocycles. The van der Waals surface area contributed by atoms with Crippen LogP contribution >= 0.6 is 0 Å². The Morgan fingerprint density at radius 3 is 2.78 bits per heavy atom. The molecule has 2 aliphatic rings. The summed E-state index contributed by atoms with van der Waals surface area (Å²) in [6, 6.07) is 7.97. The van der Waals surface area contributed by atoms with E-state index in [0.717, 1.165) is 43.6 Å². The summed E-state index contributed by atoms with van der Waals surface area (Å²) in [5.74, 6) is 1.03. The minimum absolute atomic E-state index is 0.0154. The second kappa shape index (κ2) is 9.56. The van der Waals surface area contributed by atoms with Gasteiger partial charge >= 0.3 is 0 Å². The van der Waals surface area contributed by atoms with Crippen LogP contribution in [0.25, 0.3) is 0 Å². The number of rotatable bonds is 8. The second-order valence-electron chi connectivity index (χ2n) is 8.20. The van der Waals surface area contributed by atoms with Crippen molar-refractivity contribution < 1.29 is 14.3 Å². The fraction of sp³-hybridized carbons (Fsp3) is 0.682. The first-order valence-corrected chi connectivity index (χ1v) is 10.4. The molecule has 1 heterocycles. The first-order valence-electron chi connectivity index (χ1n) is 10.4. The van der Waals surface area contributed by atoms with Crippen molar-refractivity contribution in [1.82, 2.24) is 4.90 Å². The van der Waals surface area contributed by atoms with Crippen molar-refractivity contribution in [2.75, 3.05) is 26.8 Å². The van der Waals surface area contributed by atoms with E-state index in [0.29, 0.717) is 26.1 Å². The molecule has 5 heteroatoms. The van der Waals surface area contributed by atoms with Crippen molar-refractivity contribution in [3.8, 4) is 5.75 Å². The van der Waals surface area contributed by atoms with Crippen LogP contribution in [0.4, 0.5) is 0 Å². The number of hydrogen-bond acceptors (Lipinski definition) is 4. The van der Waals surface area contributed by atoms with Crippen LogP contribution in [0.3, 0.4) is 0 Å². The van der Waals surface area contributed by atoms with Crippen LogP contribution in [0.5, 0.6) is 5.75 Å². The van der Waals surface area contributed by atoms with Crippen LogP contribution in [0.1, 0.15) is 56.9 Å². The number of amides is 1. The molecule has 1 aliphatic carbocycles. The van der Waals surface area contributed by atoms with Gasteiger partial charge in [-0.3, -0.25) is 4.79 Å². The number of ether oxygens (including phenoxy) is 2. The Hall–Kier alpha value is -1.59. The monoisotopic (exact) mass is 374 g/mol. The number of carbonyl (C=O) groups excluding carboxylic acids is 1. The first kappa shape index (κ1) is 20.2. The zero-order valence-electron chi connectivity index (χ0n) is 16.6. The lowest BCUT2D eigenvalue weighted by Gasteiger charge is -2.37. The molecule has 27 heavy (non-hydrogen) atoms. The number of methoxy groups -OCH3 is 1. The van der Waals surface area contributed by atoms with E-state index in [4.69, 9.17) is 15.2 Å². The third-order valence-electron chi connectivity index (χ3n) is 6.18. The molecule has 1 aromatic carbocycles. The van der Waals surface area contributed by atoms with Gasteiger partial charge in [-0.05, 0) is 55.3 Å². The molecule has 0 spiro atoms. The summed E-state index contributed by atoms with van der Waals surface area (Å²) in [4.78, 5) is 15.3. The van der Waals surface area contributed by atoms with Crippen molar-refractivity contribution >= 4 is 5.91 Å². The van der Waals surface area contributed by atoms with E-state index >= 15 is 0 Å². The lowest BCUT2D eigenvalue weighted by Crippen LogP contribution is -2.42. The SMILES string of the molecule is COc1cccc(CN(CC2CCCO2)C(=O)CC2(CN)CCCCC2)c1. The highest BCUT2D eigenvalue weighted by molar-refractivity contribution is 5.77. The van der Waals surface area contributed by atoms with E-state index in [1.807, 2.05) is 23.1 Å². The van der Waals surface area contributed by atoms with Gasteiger partial charge in [0, 0.05) is 26.1 Å². The molecule has 150 valence electrons. The molecule has 1 saturated heterocycles. The maximum atomic E-state index is 13.3. The topological polar surface area (TPSA) is 64.8 Å². The molecule has 1 aromatic rings. The predicted octanol–water partition coefficient (Wildman–Crippen LogP) is 3.50. The van der Waals surface area contributed by atoms with Gasteiger partial charge in [0.15, 0.2) is 0 Å². The summed E-state index contributed by atoms with van der Waals surface area (Å²) in [6.45, 7) is 2.66. The van der Waals surface area contributed by atoms with Gasteiger partial charge in [0.2, 0.25) is 5.91 Å². The number of benzene rings is 1. The molecule has 0 bridgehead atoms. The van der Waals surface area contributed by atoms with E-state index in [1.54, 1.807) is 7.11 Å². The Balaban J connectivity index is 1.72. The molecule has 1 amide bonds. The van der Waals surface area contributed by atoms with E-state index in [9.17, 15) is 4.79 Å². The summed E-state index contributed by atoms with van der Waals surface area (Å²) in [6.07, 6.45) is 8.60. The van der Waals surface area contributed by atoms with Gasteiger partial charge < -0.3 is 20.1 Å². The highest BCUT2D eigenvalue weighted by Crippen LogP contribution is 2.39. The Morgan fingerprint density at radius 1 is 1.30 bits per heavy atom. The number of carbonyl (C=O) groups is 1. The van der Waals surface area contributed by atoms with E-state index in [-0.39, 0.29) is 17.4 Å². The smallest absolute Gasteiger partial charge is 0.223 e. The summed E-state index contributed by atoms with van der Waals surface area (Å²) in [5, 5.41) is 0. The van der Waals surface area contributed by atoms with Crippen LogP contribution in [0.15, 0.2) is 24.3 Å². The molecule has 2 N–H and O–H groups in total. The molecule has 0 aromatic heterocycles. The largest absolute Gasteiger partial charge is 0.497 e. The van der Waals surface area contributed by atoms with Gasteiger partial charge in [-0.1, -0.05) is 31.4 Å². The zero-order chi connectivity index (χ0) is 19.1. The maximum Gasteiger partial charge on any atom is 0.223 e. The van der Waals surface area contributed by atoms with Crippen molar-refractivity contribution in [1.29, 1.82) is 0 Å². The van der Waals surface area contributed by atoms with Crippen molar-refractivity contribution in [2.24, 2.45) is 11.1 Å². The minimum Gasteiger partial charge on any atom is -0.497 e. The van der Waals surface area contributed by atoms with Crippen LogP contribution in [-0.4, -0.2) is 43.7 Å². The maximum absolute atomic E-state index is 13.3. The summed E-state index contributed by atoms with van der Waals surface area (Å²) in [7, 11) is 1.67. The molecule has 1 saturated carbocycles. The summed E-state index contributed by atoms with van der Waals surface area (Å²) >= 11 is 0. The third-order valence-corrected chi connectivity index (χ3v) is 6.18. The van der Waals surface area contributed by atoms with E-state index in [2.05, 4.69) is 6.07 Å². The normalized spacial score (nSPS) is 21.8. The Bertz CT molecular complexity index is 607. The van der Waals surface area contributed by atoms with Crippen LogP contribution in [0, 0.1) is 5.41 Å². The highest BCUT2D eigenvalue weighted by Gasteiger charge is 2.35. The van der Waals surface area contributed by atoms with Crippen molar-refractivity contribution in [2.45, 2.75) is 64.0 Å². The van der Waals surface area contributed by atoms with Crippen molar-refractivity contribution in [3.63, 3.8) is 0 Å². The Morgan fingerprint density at radius 2 is 2.11 bits per heavy atom. The minimum atomic E-state index is -0.0154. The molecule has 1 unspecified atom stereocenters. The van der Waals surface area contributed by atoms with Crippen LogP contribution in [0.2, 0.25) is 0 Å². The average Bonchev–Trinajstić information content (AvgIpc) is 3.21. The highest BCUT2D eigenvalue weighted by atomic mass is 16.5. The van der Waals surface area contributed by atoms with E-state index in [1.165, 1.54) is 19.3 Å². The van der Waals surface area contributed by atoms with Crippen LogP contribution < -0.4 is 10.5 Å². The van der Waals surface area contributed by atoms with Gasteiger partial charge in [-0.25, -0.2) is 0 Å².